The lowest BCUT2D eigenvalue weighted by Gasteiger charge is -2.17. The monoisotopic (exact) mass is 717 g/mol. The van der Waals surface area contributed by atoms with E-state index in [2.05, 4.69) is 0 Å². The second kappa shape index (κ2) is 14.9. The number of benzene rings is 2. The molecule has 16 heteroatoms. The summed E-state index contributed by atoms with van der Waals surface area (Å²) in [6.07, 6.45) is -0.383. The van der Waals surface area contributed by atoms with E-state index in [9.17, 15) is 19.2 Å². The standard InChI is InChI=1S/C31H31Cl2F2NO10S/c1-13(30(39)40)8-18(37)19-10-15-21(32)26(25(43-3)22(33)29(15)47-19)45-6-5-7-46-28-24(35)17-12-36(20(38)9-14(2)31(41)42)11-16(17)23(34)27(28)44-4/h10,13-14H,5-9,11-12H2,1-4H3,(H,39,40)(H,41,42). The summed E-state index contributed by atoms with van der Waals surface area (Å²) in [6.45, 7) is 2.10. The van der Waals surface area contributed by atoms with E-state index >= 15 is 8.78 Å². The molecular formula is C31H31Cl2F2NO10S. The number of aliphatic carboxylic acids is 2. The maximum Gasteiger partial charge on any atom is 0.306 e. The van der Waals surface area contributed by atoms with Crippen LogP contribution in [-0.4, -0.2) is 66.2 Å². The van der Waals surface area contributed by atoms with Gasteiger partial charge in [-0.05, 0) is 6.07 Å². The van der Waals surface area contributed by atoms with Gasteiger partial charge in [-0.2, -0.15) is 0 Å². The van der Waals surface area contributed by atoms with E-state index in [0.29, 0.717) is 10.1 Å². The van der Waals surface area contributed by atoms with Crippen LogP contribution in [0.25, 0.3) is 10.1 Å². The van der Waals surface area contributed by atoms with Crippen molar-refractivity contribution in [2.45, 2.75) is 46.2 Å². The van der Waals surface area contributed by atoms with Gasteiger partial charge in [0.05, 0.1) is 53.9 Å². The summed E-state index contributed by atoms with van der Waals surface area (Å²) in [4.78, 5) is 49.1. The van der Waals surface area contributed by atoms with Gasteiger partial charge in [0.2, 0.25) is 11.7 Å². The Morgan fingerprint density at radius 2 is 1.38 bits per heavy atom. The molecule has 0 radical (unpaired) electrons. The Morgan fingerprint density at radius 3 is 1.94 bits per heavy atom. The van der Waals surface area contributed by atoms with Crippen LogP contribution in [-0.2, 0) is 27.5 Å². The van der Waals surface area contributed by atoms with Crippen molar-refractivity contribution in [1.82, 2.24) is 4.90 Å². The van der Waals surface area contributed by atoms with Crippen LogP contribution in [0.3, 0.4) is 0 Å². The molecule has 254 valence electrons. The Morgan fingerprint density at radius 1 is 0.851 bits per heavy atom. The number of ether oxygens (including phenoxy) is 4. The molecule has 2 atom stereocenters. The summed E-state index contributed by atoms with van der Waals surface area (Å²) >= 11 is 14.2. The van der Waals surface area contributed by atoms with Gasteiger partial charge in [-0.1, -0.05) is 37.0 Å². The molecule has 1 aliphatic rings. The molecule has 0 spiro atoms. The molecule has 1 aliphatic heterocycles. The number of rotatable bonds is 15. The summed E-state index contributed by atoms with van der Waals surface area (Å²) in [7, 11) is 2.50. The number of carbonyl (C=O) groups is 4. The maximum absolute atomic E-state index is 15.6. The molecule has 3 aromatic rings. The number of hydrogen-bond acceptors (Lipinski definition) is 9. The van der Waals surface area contributed by atoms with E-state index in [4.69, 9.17) is 52.4 Å². The molecule has 1 amide bonds. The quantitative estimate of drug-likeness (QED) is 0.130. The van der Waals surface area contributed by atoms with Crippen LogP contribution < -0.4 is 18.9 Å². The van der Waals surface area contributed by atoms with Crippen LogP contribution in [0.1, 0.15) is 53.9 Å². The number of fused-ring (bicyclic) bond motifs is 2. The first kappa shape index (κ1) is 36.0. The molecule has 0 saturated heterocycles. The molecular weight excluding hydrogens is 687 g/mol. The lowest BCUT2D eigenvalue weighted by molar-refractivity contribution is -0.145. The lowest BCUT2D eigenvalue weighted by atomic mass is 10.0. The fraction of sp³-hybridized carbons (Fsp3) is 0.419. The number of halogens is 4. The van der Waals surface area contributed by atoms with Crippen molar-refractivity contribution in [3.8, 4) is 23.0 Å². The molecule has 47 heavy (non-hydrogen) atoms. The highest BCUT2D eigenvalue weighted by Crippen LogP contribution is 2.50. The fourth-order valence-corrected chi connectivity index (χ4v) is 6.71. The minimum Gasteiger partial charge on any atom is -0.491 e. The average Bonchev–Trinajstić information content (AvgIpc) is 3.68. The zero-order valence-corrected chi connectivity index (χ0v) is 28.0. The van der Waals surface area contributed by atoms with Gasteiger partial charge in [-0.3, -0.25) is 19.2 Å². The Labute approximate surface area is 281 Å². The number of carboxylic acids is 2. The van der Waals surface area contributed by atoms with E-state index in [-0.39, 0.29) is 88.9 Å². The SMILES string of the molecule is COc1c(F)c2c(c(F)c1OCCCOc1c(OC)c(Cl)c3sc(C(=O)CC(C)C(=O)O)cc3c1Cl)CN(C(=O)CC(C)C(=O)O)C2. The van der Waals surface area contributed by atoms with E-state index in [1.807, 2.05) is 0 Å². The number of thiophene rings is 1. The first-order chi connectivity index (χ1) is 22.2. The zero-order valence-electron chi connectivity index (χ0n) is 25.7. The maximum atomic E-state index is 15.6. The topological polar surface area (TPSA) is 149 Å². The highest BCUT2D eigenvalue weighted by Gasteiger charge is 2.35. The van der Waals surface area contributed by atoms with E-state index in [1.54, 1.807) is 0 Å². The van der Waals surface area contributed by atoms with Crippen LogP contribution in [0.2, 0.25) is 10.0 Å². The fourth-order valence-electron chi connectivity index (χ4n) is 4.94. The molecule has 0 aliphatic carbocycles. The summed E-state index contributed by atoms with van der Waals surface area (Å²) in [5.41, 5.74) is -0.161. The van der Waals surface area contributed by atoms with Crippen molar-refractivity contribution < 1.29 is 57.1 Å². The number of ketones is 1. The van der Waals surface area contributed by atoms with E-state index in [0.717, 1.165) is 18.4 Å². The van der Waals surface area contributed by atoms with Crippen molar-refractivity contribution in [2.75, 3.05) is 27.4 Å². The highest BCUT2D eigenvalue weighted by molar-refractivity contribution is 7.21. The minimum atomic E-state index is -1.16. The average molecular weight is 719 g/mol. The smallest absolute Gasteiger partial charge is 0.306 e. The molecule has 0 fully saturated rings. The second-order valence-corrected chi connectivity index (χ2v) is 12.7. The molecule has 0 bridgehead atoms. The molecule has 2 heterocycles. The number of hydrogen-bond donors (Lipinski definition) is 2. The predicted octanol–water partition coefficient (Wildman–Crippen LogP) is 6.60. The molecule has 2 unspecified atom stereocenters. The third kappa shape index (κ3) is 7.34. The predicted molar refractivity (Wildman–Crippen MR) is 168 cm³/mol. The van der Waals surface area contributed by atoms with Gasteiger partial charge in [0.1, 0.15) is 5.02 Å². The Hall–Kier alpha value is -3.88. The summed E-state index contributed by atoms with van der Waals surface area (Å²) in [6, 6.07) is 1.51. The van der Waals surface area contributed by atoms with Gasteiger partial charge in [0.25, 0.3) is 0 Å². The van der Waals surface area contributed by atoms with Crippen molar-refractivity contribution >= 4 is 68.3 Å². The lowest BCUT2D eigenvalue weighted by Crippen LogP contribution is -2.28. The highest BCUT2D eigenvalue weighted by atomic mass is 35.5. The van der Waals surface area contributed by atoms with Crippen molar-refractivity contribution in [1.29, 1.82) is 0 Å². The molecule has 2 N–H and O–H groups in total. The summed E-state index contributed by atoms with van der Waals surface area (Å²) in [5, 5.41) is 18.9. The Bertz CT molecular complexity index is 1750. The number of nitrogens with zero attached hydrogens (tertiary/aromatic N) is 1. The first-order valence-electron chi connectivity index (χ1n) is 14.3. The van der Waals surface area contributed by atoms with Crippen LogP contribution >= 0.6 is 34.5 Å². The van der Waals surface area contributed by atoms with Gasteiger partial charge < -0.3 is 34.1 Å². The van der Waals surface area contributed by atoms with E-state index in [1.165, 1.54) is 31.9 Å². The largest absolute Gasteiger partial charge is 0.491 e. The van der Waals surface area contributed by atoms with Gasteiger partial charge in [0.15, 0.2) is 34.7 Å². The van der Waals surface area contributed by atoms with Gasteiger partial charge in [-0.15, -0.1) is 11.3 Å². The van der Waals surface area contributed by atoms with Crippen LogP contribution in [0.4, 0.5) is 8.78 Å². The Kier molecular flexibility index (Phi) is 11.4. The summed E-state index contributed by atoms with van der Waals surface area (Å²) in [5.74, 6) is -7.59. The third-order valence-electron chi connectivity index (χ3n) is 7.60. The first-order valence-corrected chi connectivity index (χ1v) is 15.9. The van der Waals surface area contributed by atoms with Crippen LogP contribution in [0.5, 0.6) is 23.0 Å². The molecule has 11 nitrogen and oxygen atoms in total. The number of amides is 1. The van der Waals surface area contributed by atoms with Crippen molar-refractivity contribution in [3.05, 3.63) is 43.8 Å². The number of carbonyl (C=O) groups excluding carboxylic acids is 2. The van der Waals surface area contributed by atoms with Crippen molar-refractivity contribution in [3.63, 3.8) is 0 Å². The van der Waals surface area contributed by atoms with Gasteiger partial charge in [-0.25, -0.2) is 8.78 Å². The molecule has 4 rings (SSSR count). The van der Waals surface area contributed by atoms with E-state index < -0.39 is 52.8 Å². The van der Waals surface area contributed by atoms with Gasteiger partial charge >= 0.3 is 11.9 Å². The Balaban J connectivity index is 1.46. The van der Waals surface area contributed by atoms with Crippen molar-refractivity contribution in [2.24, 2.45) is 11.8 Å². The molecule has 0 saturated carbocycles. The zero-order chi connectivity index (χ0) is 34.7. The third-order valence-corrected chi connectivity index (χ3v) is 9.64. The minimum absolute atomic E-state index is 0.0363. The van der Waals surface area contributed by atoms with Crippen LogP contribution in [0.15, 0.2) is 6.07 Å². The normalized spacial score (nSPS) is 13.7. The number of methoxy groups -OCH3 is 2. The number of carboxylic acid groups (broad SMARTS) is 2. The van der Waals surface area contributed by atoms with Crippen LogP contribution in [0, 0.1) is 23.5 Å². The summed E-state index contributed by atoms with van der Waals surface area (Å²) < 4.78 is 53.4. The second-order valence-electron chi connectivity index (χ2n) is 10.9. The van der Waals surface area contributed by atoms with Gasteiger partial charge in [0, 0.05) is 48.9 Å². The molecule has 1 aromatic heterocycles. The molecule has 2 aromatic carbocycles. The number of Topliss-reactive ketones (excluding diaryl/α,β-unsaturated/α-hetero) is 1.